The second-order valence-electron chi connectivity index (χ2n) is 8.05. The summed E-state index contributed by atoms with van der Waals surface area (Å²) in [7, 11) is -2.15. The number of nitrogens with zero attached hydrogens (tertiary/aromatic N) is 1. The summed E-state index contributed by atoms with van der Waals surface area (Å²) in [4.78, 5) is 13.0. The fraction of sp³-hybridized carbons (Fsp3) is 0.435. The highest BCUT2D eigenvalue weighted by Gasteiger charge is 2.30. The SMILES string of the molecule is COc1cc(C)c([C@H](C)NC(=O)[C@@H](C)N(c2ccc(F)cc2)S(C)(=O)=O)cc1C(C)C. The highest BCUT2D eigenvalue weighted by atomic mass is 32.2. The predicted octanol–water partition coefficient (Wildman–Crippen LogP) is 4.30. The van der Waals surface area contributed by atoms with E-state index in [1.807, 2.05) is 26.0 Å². The van der Waals surface area contributed by atoms with Crippen molar-refractivity contribution in [2.45, 2.75) is 52.6 Å². The van der Waals surface area contributed by atoms with Crippen LogP contribution in [0.3, 0.4) is 0 Å². The number of carbonyl (C=O) groups is 1. The molecule has 0 radical (unpaired) electrons. The lowest BCUT2D eigenvalue weighted by atomic mass is 9.93. The minimum atomic E-state index is -3.78. The smallest absolute Gasteiger partial charge is 0.244 e. The number of hydrogen-bond acceptors (Lipinski definition) is 4. The number of aryl methyl sites for hydroxylation is 1. The topological polar surface area (TPSA) is 75.7 Å². The van der Waals surface area contributed by atoms with Crippen molar-refractivity contribution in [2.24, 2.45) is 0 Å². The molecule has 1 N–H and O–H groups in total. The summed E-state index contributed by atoms with van der Waals surface area (Å²) in [6, 6.07) is 7.59. The first-order chi connectivity index (χ1) is 14.4. The van der Waals surface area contributed by atoms with Crippen molar-refractivity contribution in [3.8, 4) is 5.75 Å². The summed E-state index contributed by atoms with van der Waals surface area (Å²) in [6.07, 6.45) is 1.02. The van der Waals surface area contributed by atoms with Crippen molar-refractivity contribution in [3.63, 3.8) is 0 Å². The van der Waals surface area contributed by atoms with E-state index in [4.69, 9.17) is 4.74 Å². The van der Waals surface area contributed by atoms with Crippen molar-refractivity contribution in [1.29, 1.82) is 0 Å². The van der Waals surface area contributed by atoms with E-state index in [1.165, 1.54) is 19.1 Å². The summed E-state index contributed by atoms with van der Waals surface area (Å²) in [5.41, 5.74) is 3.14. The Hall–Kier alpha value is -2.61. The molecule has 0 heterocycles. The lowest BCUT2D eigenvalue weighted by Gasteiger charge is -2.29. The zero-order valence-corrected chi connectivity index (χ0v) is 19.9. The van der Waals surface area contributed by atoms with E-state index in [9.17, 15) is 17.6 Å². The number of nitrogens with one attached hydrogen (secondary N) is 1. The second kappa shape index (κ2) is 9.68. The van der Waals surface area contributed by atoms with Gasteiger partial charge >= 0.3 is 0 Å². The molecule has 0 aliphatic heterocycles. The van der Waals surface area contributed by atoms with Crippen LogP contribution in [0.5, 0.6) is 5.75 Å². The number of ether oxygens (including phenoxy) is 1. The first-order valence-corrected chi connectivity index (χ1v) is 11.9. The van der Waals surface area contributed by atoms with Crippen LogP contribution in [0, 0.1) is 12.7 Å². The zero-order chi connectivity index (χ0) is 23.5. The van der Waals surface area contributed by atoms with E-state index >= 15 is 0 Å². The van der Waals surface area contributed by atoms with E-state index in [2.05, 4.69) is 19.2 Å². The third-order valence-electron chi connectivity index (χ3n) is 5.24. The average molecular weight is 451 g/mol. The van der Waals surface area contributed by atoms with Crippen LogP contribution in [0.15, 0.2) is 36.4 Å². The summed E-state index contributed by atoms with van der Waals surface area (Å²) in [5.74, 6) is 0.0838. The Morgan fingerprint density at radius 2 is 1.65 bits per heavy atom. The molecule has 0 saturated carbocycles. The van der Waals surface area contributed by atoms with Gasteiger partial charge in [0.25, 0.3) is 0 Å². The Morgan fingerprint density at radius 3 is 2.13 bits per heavy atom. The van der Waals surface area contributed by atoms with Crippen LogP contribution < -0.4 is 14.4 Å². The lowest BCUT2D eigenvalue weighted by molar-refractivity contribution is -0.122. The minimum Gasteiger partial charge on any atom is -0.496 e. The maximum Gasteiger partial charge on any atom is 0.244 e. The largest absolute Gasteiger partial charge is 0.496 e. The molecule has 2 aromatic rings. The Labute approximate surface area is 184 Å². The van der Waals surface area contributed by atoms with Gasteiger partial charge in [0, 0.05) is 0 Å². The van der Waals surface area contributed by atoms with Crippen molar-refractivity contribution in [2.75, 3.05) is 17.7 Å². The van der Waals surface area contributed by atoms with E-state index in [1.54, 1.807) is 7.11 Å². The highest BCUT2D eigenvalue weighted by molar-refractivity contribution is 7.92. The van der Waals surface area contributed by atoms with Gasteiger partial charge in [-0.3, -0.25) is 9.10 Å². The standard InChI is InChI=1S/C23H31FN2O4S/c1-14(2)20-13-21(15(3)12-22(20)30-6)16(4)25-23(27)17(5)26(31(7,28)29)19-10-8-18(24)9-11-19/h8-14,16-17H,1-7H3,(H,25,27)/t16-,17+/m0/s1. The van der Waals surface area contributed by atoms with Crippen molar-refractivity contribution < 1.29 is 22.3 Å². The quantitative estimate of drug-likeness (QED) is 0.651. The van der Waals surface area contributed by atoms with E-state index < -0.39 is 27.8 Å². The Bertz CT molecular complexity index is 1040. The predicted molar refractivity (Wildman–Crippen MR) is 122 cm³/mol. The summed E-state index contributed by atoms with van der Waals surface area (Å²) >= 11 is 0. The maximum atomic E-state index is 13.3. The normalized spacial score (nSPS) is 13.6. The number of rotatable bonds is 8. The molecule has 8 heteroatoms. The third-order valence-corrected chi connectivity index (χ3v) is 6.48. The Kier molecular flexibility index (Phi) is 7.70. The molecule has 2 atom stereocenters. The fourth-order valence-electron chi connectivity index (χ4n) is 3.62. The number of benzene rings is 2. The molecule has 0 unspecified atom stereocenters. The van der Waals surface area contributed by atoms with E-state index in [0.29, 0.717) is 0 Å². The number of hydrogen-bond donors (Lipinski definition) is 1. The summed E-state index contributed by atoms with van der Waals surface area (Å²) < 4.78 is 44.6. The molecule has 0 aromatic heterocycles. The molecule has 0 spiro atoms. The van der Waals surface area contributed by atoms with Gasteiger partial charge in [-0.25, -0.2) is 12.8 Å². The molecular weight excluding hydrogens is 419 g/mol. The molecule has 6 nitrogen and oxygen atoms in total. The third kappa shape index (κ3) is 5.76. The van der Waals surface area contributed by atoms with Crippen molar-refractivity contribution in [3.05, 3.63) is 58.9 Å². The number of sulfonamides is 1. The number of halogens is 1. The molecule has 0 fully saturated rings. The van der Waals surface area contributed by atoms with Crippen molar-refractivity contribution >= 4 is 21.6 Å². The van der Waals surface area contributed by atoms with Crippen LogP contribution in [-0.4, -0.2) is 33.7 Å². The second-order valence-corrected chi connectivity index (χ2v) is 9.91. The summed E-state index contributed by atoms with van der Waals surface area (Å²) in [5, 5.41) is 2.91. The Morgan fingerprint density at radius 1 is 1.06 bits per heavy atom. The number of methoxy groups -OCH3 is 1. The van der Waals surface area contributed by atoms with Gasteiger partial charge in [0.15, 0.2) is 0 Å². The van der Waals surface area contributed by atoms with Crippen LogP contribution in [-0.2, 0) is 14.8 Å². The number of anilines is 1. The molecule has 170 valence electrons. The Balaban J connectivity index is 2.32. The van der Waals surface area contributed by atoms with Gasteiger partial charge in [0.2, 0.25) is 15.9 Å². The van der Waals surface area contributed by atoms with Crippen LogP contribution in [0.2, 0.25) is 0 Å². The number of amides is 1. The average Bonchev–Trinajstić information content (AvgIpc) is 2.67. The van der Waals surface area contributed by atoms with Gasteiger partial charge in [-0.2, -0.15) is 0 Å². The van der Waals surface area contributed by atoms with Gasteiger partial charge in [-0.1, -0.05) is 13.8 Å². The fourth-order valence-corrected chi connectivity index (χ4v) is 4.79. The van der Waals surface area contributed by atoms with Gasteiger partial charge in [0.1, 0.15) is 17.6 Å². The summed E-state index contributed by atoms with van der Waals surface area (Å²) in [6.45, 7) is 9.43. The molecule has 0 bridgehead atoms. The van der Waals surface area contributed by atoms with Crippen LogP contribution in [0.25, 0.3) is 0 Å². The lowest BCUT2D eigenvalue weighted by Crippen LogP contribution is -2.48. The van der Waals surface area contributed by atoms with Gasteiger partial charge < -0.3 is 10.1 Å². The van der Waals surface area contributed by atoms with Gasteiger partial charge in [-0.15, -0.1) is 0 Å². The van der Waals surface area contributed by atoms with Crippen LogP contribution >= 0.6 is 0 Å². The molecule has 0 saturated heterocycles. The van der Waals surface area contributed by atoms with E-state index in [-0.39, 0.29) is 17.6 Å². The van der Waals surface area contributed by atoms with Crippen LogP contribution in [0.4, 0.5) is 10.1 Å². The maximum absolute atomic E-state index is 13.3. The van der Waals surface area contributed by atoms with E-state index in [0.717, 1.165) is 45.1 Å². The molecule has 31 heavy (non-hydrogen) atoms. The van der Waals surface area contributed by atoms with Crippen LogP contribution in [0.1, 0.15) is 56.3 Å². The first kappa shape index (κ1) is 24.7. The molecule has 2 rings (SSSR count). The van der Waals surface area contributed by atoms with Gasteiger partial charge in [0.05, 0.1) is 25.1 Å². The molecule has 2 aromatic carbocycles. The first-order valence-electron chi connectivity index (χ1n) is 10.1. The van der Waals surface area contributed by atoms with Crippen molar-refractivity contribution in [1.82, 2.24) is 5.32 Å². The molecule has 1 amide bonds. The zero-order valence-electron chi connectivity index (χ0n) is 19.1. The highest BCUT2D eigenvalue weighted by Crippen LogP contribution is 2.32. The minimum absolute atomic E-state index is 0.224. The van der Waals surface area contributed by atoms with Gasteiger partial charge in [-0.05, 0) is 79.8 Å². The molecular formula is C23H31FN2O4S. The monoisotopic (exact) mass is 450 g/mol. The number of carbonyl (C=O) groups excluding carboxylic acids is 1. The molecule has 0 aliphatic rings. The molecule has 0 aliphatic carbocycles.